The maximum absolute atomic E-state index is 12.6. The first-order valence-corrected chi connectivity index (χ1v) is 10.2. The molecule has 2 unspecified atom stereocenters. The predicted octanol–water partition coefficient (Wildman–Crippen LogP) is 1.34. The van der Waals surface area contributed by atoms with E-state index in [1.54, 1.807) is 0 Å². The lowest BCUT2D eigenvalue weighted by atomic mass is 10.1. The number of hydrogen-bond acceptors (Lipinski definition) is 6. The predicted molar refractivity (Wildman–Crippen MR) is 106 cm³/mol. The maximum Gasteiger partial charge on any atom is 0.252 e. The Labute approximate surface area is 165 Å². The third-order valence-corrected chi connectivity index (χ3v) is 5.79. The molecule has 2 aliphatic heterocycles. The molecule has 4 rings (SSSR count). The molecule has 2 saturated heterocycles. The number of pyridine rings is 1. The normalized spacial score (nSPS) is 24.3. The van der Waals surface area contributed by atoms with E-state index in [1.807, 2.05) is 22.7 Å². The van der Waals surface area contributed by atoms with Crippen molar-refractivity contribution in [3.8, 4) is 0 Å². The summed E-state index contributed by atoms with van der Waals surface area (Å²) in [5.41, 5.74) is 1.38. The summed E-state index contributed by atoms with van der Waals surface area (Å²) in [5, 5.41) is 11.8. The highest BCUT2D eigenvalue weighted by molar-refractivity contribution is 5.94. The molecule has 28 heavy (non-hydrogen) atoms. The molecule has 2 aliphatic rings. The Morgan fingerprint density at radius 2 is 2.18 bits per heavy atom. The van der Waals surface area contributed by atoms with Crippen LogP contribution < -0.4 is 5.32 Å². The second-order valence-corrected chi connectivity index (χ2v) is 8.16. The quantitative estimate of drug-likeness (QED) is 0.836. The molecule has 0 saturated carbocycles. The minimum atomic E-state index is -0.0847. The van der Waals surface area contributed by atoms with Crippen LogP contribution in [0.15, 0.2) is 18.3 Å². The molecule has 1 N–H and O–H groups in total. The molecule has 2 fully saturated rings. The molecule has 8 nitrogen and oxygen atoms in total. The monoisotopic (exact) mass is 386 g/mol. The van der Waals surface area contributed by atoms with E-state index in [0.29, 0.717) is 18.2 Å². The fourth-order valence-corrected chi connectivity index (χ4v) is 4.17. The summed E-state index contributed by atoms with van der Waals surface area (Å²) in [6.07, 6.45) is 4.08. The number of piperazine rings is 1. The number of amides is 1. The van der Waals surface area contributed by atoms with Crippen molar-refractivity contribution in [2.24, 2.45) is 0 Å². The molecule has 1 amide bonds. The smallest absolute Gasteiger partial charge is 0.252 e. The standard InChI is InChI=1S/C20H30N6O2/c1-14(2)25-9-8-24(3)13-17(25)19-23-22-18-7-6-15(12-26(18)19)20(27)21-11-16-5-4-10-28-16/h6-7,12,14,16-17H,4-5,8-11,13H2,1-3H3,(H,21,27). The van der Waals surface area contributed by atoms with Crippen molar-refractivity contribution in [2.45, 2.75) is 44.9 Å². The van der Waals surface area contributed by atoms with E-state index in [4.69, 9.17) is 4.74 Å². The molecule has 2 atom stereocenters. The van der Waals surface area contributed by atoms with Gasteiger partial charge in [-0.2, -0.15) is 0 Å². The number of carbonyl (C=O) groups is 1. The molecular weight excluding hydrogens is 356 g/mol. The van der Waals surface area contributed by atoms with Crippen molar-refractivity contribution in [1.29, 1.82) is 0 Å². The van der Waals surface area contributed by atoms with Crippen molar-refractivity contribution in [2.75, 3.05) is 39.8 Å². The molecule has 0 bridgehead atoms. The van der Waals surface area contributed by atoms with E-state index < -0.39 is 0 Å². The lowest BCUT2D eigenvalue weighted by Gasteiger charge is -2.41. The minimum Gasteiger partial charge on any atom is -0.376 e. The van der Waals surface area contributed by atoms with Crippen LogP contribution >= 0.6 is 0 Å². The summed E-state index contributed by atoms with van der Waals surface area (Å²) in [7, 11) is 2.14. The van der Waals surface area contributed by atoms with E-state index in [0.717, 1.165) is 50.6 Å². The highest BCUT2D eigenvalue weighted by Crippen LogP contribution is 2.26. The van der Waals surface area contributed by atoms with Gasteiger partial charge in [0, 0.05) is 45.0 Å². The number of rotatable bonds is 5. The maximum atomic E-state index is 12.6. The van der Waals surface area contributed by atoms with Crippen LogP contribution in [0.2, 0.25) is 0 Å². The highest BCUT2D eigenvalue weighted by atomic mass is 16.5. The molecule has 0 aliphatic carbocycles. The van der Waals surface area contributed by atoms with Gasteiger partial charge < -0.3 is 15.0 Å². The van der Waals surface area contributed by atoms with E-state index >= 15 is 0 Å². The second kappa shape index (κ2) is 8.14. The van der Waals surface area contributed by atoms with Crippen molar-refractivity contribution in [3.63, 3.8) is 0 Å². The van der Waals surface area contributed by atoms with Gasteiger partial charge in [0.2, 0.25) is 0 Å². The number of aromatic nitrogens is 3. The number of hydrogen-bond donors (Lipinski definition) is 1. The van der Waals surface area contributed by atoms with Gasteiger partial charge in [-0.15, -0.1) is 10.2 Å². The Hall–Kier alpha value is -2.03. The minimum absolute atomic E-state index is 0.0847. The van der Waals surface area contributed by atoms with E-state index in [1.165, 1.54) is 0 Å². The summed E-state index contributed by atoms with van der Waals surface area (Å²) in [6, 6.07) is 4.25. The Bertz CT molecular complexity index is 829. The fourth-order valence-electron chi connectivity index (χ4n) is 4.17. The fraction of sp³-hybridized carbons (Fsp3) is 0.650. The first-order valence-electron chi connectivity index (χ1n) is 10.2. The zero-order chi connectivity index (χ0) is 19.7. The van der Waals surface area contributed by atoms with Crippen molar-refractivity contribution >= 4 is 11.6 Å². The summed E-state index contributed by atoms with van der Waals surface area (Å²) >= 11 is 0. The number of likely N-dealkylation sites (N-methyl/N-ethyl adjacent to an activating group) is 1. The van der Waals surface area contributed by atoms with E-state index in [-0.39, 0.29) is 18.1 Å². The Morgan fingerprint density at radius 1 is 1.32 bits per heavy atom. The van der Waals surface area contributed by atoms with Crippen LogP contribution in [0.3, 0.4) is 0 Å². The first kappa shape index (κ1) is 19.3. The van der Waals surface area contributed by atoms with Crippen LogP contribution in [0.4, 0.5) is 0 Å². The Morgan fingerprint density at radius 3 is 2.93 bits per heavy atom. The molecule has 0 radical (unpaired) electrons. The van der Waals surface area contributed by atoms with Crippen molar-refractivity contribution in [1.82, 2.24) is 29.7 Å². The summed E-state index contributed by atoms with van der Waals surface area (Å²) in [6.45, 7) is 8.71. The van der Waals surface area contributed by atoms with Crippen LogP contribution in [-0.4, -0.2) is 82.3 Å². The molecule has 152 valence electrons. The first-order chi connectivity index (χ1) is 13.5. The van der Waals surface area contributed by atoms with Crippen LogP contribution in [0.1, 0.15) is 48.9 Å². The zero-order valence-electron chi connectivity index (χ0n) is 17.0. The SMILES string of the molecule is CC(C)N1CCN(C)CC1c1nnc2ccc(C(=O)NCC3CCCO3)cn12. The average Bonchev–Trinajstić information content (AvgIpc) is 3.34. The molecular formula is C20H30N6O2. The number of ether oxygens (including phenoxy) is 1. The lowest BCUT2D eigenvalue weighted by molar-refractivity contribution is 0.0586. The van der Waals surface area contributed by atoms with E-state index in [2.05, 4.69) is 46.2 Å². The van der Waals surface area contributed by atoms with Crippen LogP contribution in [0, 0.1) is 0 Å². The number of fused-ring (bicyclic) bond motifs is 1. The van der Waals surface area contributed by atoms with Gasteiger partial charge in [0.15, 0.2) is 11.5 Å². The molecule has 2 aromatic heterocycles. The summed E-state index contributed by atoms with van der Waals surface area (Å²) in [4.78, 5) is 17.4. The van der Waals surface area contributed by atoms with Gasteiger partial charge in [0.25, 0.3) is 5.91 Å². The Balaban J connectivity index is 1.57. The van der Waals surface area contributed by atoms with Crippen LogP contribution in [0.25, 0.3) is 5.65 Å². The highest BCUT2D eigenvalue weighted by Gasteiger charge is 2.32. The second-order valence-electron chi connectivity index (χ2n) is 8.16. The number of nitrogens with zero attached hydrogens (tertiary/aromatic N) is 5. The number of nitrogens with one attached hydrogen (secondary N) is 1. The Kier molecular flexibility index (Phi) is 5.61. The molecule has 0 spiro atoms. The molecule has 4 heterocycles. The molecule has 0 aromatic carbocycles. The van der Waals surface area contributed by atoms with Crippen molar-refractivity contribution < 1.29 is 9.53 Å². The largest absolute Gasteiger partial charge is 0.376 e. The lowest BCUT2D eigenvalue weighted by Crippen LogP contribution is -2.50. The van der Waals surface area contributed by atoms with Crippen molar-refractivity contribution in [3.05, 3.63) is 29.7 Å². The molecule has 8 heteroatoms. The van der Waals surface area contributed by atoms with Gasteiger partial charge in [-0.25, -0.2) is 0 Å². The average molecular weight is 387 g/mol. The third-order valence-electron chi connectivity index (χ3n) is 5.79. The summed E-state index contributed by atoms with van der Waals surface area (Å²) in [5.74, 6) is 0.808. The van der Waals surface area contributed by atoms with Crippen LogP contribution in [0.5, 0.6) is 0 Å². The van der Waals surface area contributed by atoms with Gasteiger partial charge in [0.05, 0.1) is 17.7 Å². The molecule has 2 aromatic rings. The topological polar surface area (TPSA) is 75.0 Å². The third kappa shape index (κ3) is 3.90. The van der Waals surface area contributed by atoms with E-state index in [9.17, 15) is 4.79 Å². The summed E-state index contributed by atoms with van der Waals surface area (Å²) < 4.78 is 7.56. The zero-order valence-corrected chi connectivity index (χ0v) is 17.0. The number of carbonyl (C=O) groups excluding carboxylic acids is 1. The van der Waals surface area contributed by atoms with Gasteiger partial charge >= 0.3 is 0 Å². The van der Waals surface area contributed by atoms with Gasteiger partial charge in [0.1, 0.15) is 0 Å². The van der Waals surface area contributed by atoms with Gasteiger partial charge in [-0.1, -0.05) is 0 Å². The van der Waals surface area contributed by atoms with Gasteiger partial charge in [-0.05, 0) is 45.9 Å². The van der Waals surface area contributed by atoms with Crippen LogP contribution in [-0.2, 0) is 4.74 Å². The van der Waals surface area contributed by atoms with Gasteiger partial charge in [-0.3, -0.25) is 14.1 Å².